The summed E-state index contributed by atoms with van der Waals surface area (Å²) in [5, 5.41) is 3.29. The molecule has 0 fully saturated rings. The molecule has 1 N–H and O–H groups in total. The van der Waals surface area contributed by atoms with Gasteiger partial charge in [-0.1, -0.05) is 26.0 Å². The minimum absolute atomic E-state index is 0.608. The van der Waals surface area contributed by atoms with Gasteiger partial charge in [-0.2, -0.15) is 0 Å². The second-order valence-electron chi connectivity index (χ2n) is 3.39. The highest BCUT2D eigenvalue weighted by Crippen LogP contribution is 2.22. The van der Waals surface area contributed by atoms with E-state index in [1.54, 1.807) is 0 Å². The van der Waals surface area contributed by atoms with Crippen LogP contribution in [0.25, 0.3) is 0 Å². The van der Waals surface area contributed by atoms with Crippen molar-refractivity contribution < 1.29 is 0 Å². The molecule has 0 saturated carbocycles. The van der Waals surface area contributed by atoms with Gasteiger partial charge in [0.25, 0.3) is 0 Å². The molecule has 1 aliphatic rings. The third-order valence-corrected chi connectivity index (χ3v) is 2.34. The molecule has 0 aromatic rings. The molecular weight excluding hydrogens is 122 g/mol. The fourth-order valence-corrected chi connectivity index (χ4v) is 1.69. The molecule has 2 unspecified atom stereocenters. The van der Waals surface area contributed by atoms with Crippen LogP contribution in [0.1, 0.15) is 20.3 Å². The predicted octanol–water partition coefficient (Wildman–Crippen LogP) is 1.81. The maximum atomic E-state index is 3.29. The zero-order valence-corrected chi connectivity index (χ0v) is 7.09. The van der Waals surface area contributed by atoms with Gasteiger partial charge < -0.3 is 5.32 Å². The Morgan fingerprint density at radius 2 is 2.00 bits per heavy atom. The van der Waals surface area contributed by atoms with E-state index in [1.807, 2.05) is 7.05 Å². The maximum absolute atomic E-state index is 3.29. The van der Waals surface area contributed by atoms with Gasteiger partial charge in [0, 0.05) is 6.04 Å². The van der Waals surface area contributed by atoms with E-state index in [9.17, 15) is 0 Å². The van der Waals surface area contributed by atoms with E-state index in [0.717, 1.165) is 11.8 Å². The number of allylic oxidation sites excluding steroid dienone is 1. The lowest BCUT2D eigenvalue weighted by molar-refractivity contribution is 0.373. The Kier molecular flexibility index (Phi) is 2.50. The highest BCUT2D eigenvalue weighted by atomic mass is 14.9. The monoisotopic (exact) mass is 139 g/mol. The average molecular weight is 139 g/mol. The van der Waals surface area contributed by atoms with Gasteiger partial charge in [-0.25, -0.2) is 0 Å². The van der Waals surface area contributed by atoms with E-state index in [4.69, 9.17) is 0 Å². The summed E-state index contributed by atoms with van der Waals surface area (Å²) in [5.41, 5.74) is 0. The molecule has 58 valence electrons. The first-order valence-electron chi connectivity index (χ1n) is 4.09. The number of likely N-dealkylation sites (N-methyl/N-ethyl adjacent to an activating group) is 1. The summed E-state index contributed by atoms with van der Waals surface area (Å²) in [5.74, 6) is 1.57. The minimum Gasteiger partial charge on any atom is -0.313 e. The molecule has 0 aromatic heterocycles. The Morgan fingerprint density at radius 1 is 1.30 bits per heavy atom. The van der Waals surface area contributed by atoms with Crippen LogP contribution in [0.15, 0.2) is 12.2 Å². The lowest BCUT2D eigenvalue weighted by Crippen LogP contribution is -2.33. The van der Waals surface area contributed by atoms with Gasteiger partial charge in [0.1, 0.15) is 0 Å². The highest BCUT2D eigenvalue weighted by molar-refractivity contribution is 5.02. The van der Waals surface area contributed by atoms with Gasteiger partial charge in [0.05, 0.1) is 0 Å². The van der Waals surface area contributed by atoms with E-state index in [2.05, 4.69) is 31.3 Å². The smallest absolute Gasteiger partial charge is 0.0273 e. The third kappa shape index (κ3) is 1.60. The maximum Gasteiger partial charge on any atom is 0.0273 e. The summed E-state index contributed by atoms with van der Waals surface area (Å²) in [6.45, 7) is 4.58. The first-order chi connectivity index (χ1) is 4.74. The van der Waals surface area contributed by atoms with Crippen molar-refractivity contribution in [3.8, 4) is 0 Å². The van der Waals surface area contributed by atoms with E-state index in [0.29, 0.717) is 6.04 Å². The summed E-state index contributed by atoms with van der Waals surface area (Å²) in [6.07, 6.45) is 5.92. The van der Waals surface area contributed by atoms with Gasteiger partial charge in [0.15, 0.2) is 0 Å². The second kappa shape index (κ2) is 3.20. The van der Waals surface area contributed by atoms with Crippen LogP contribution in [0.3, 0.4) is 0 Å². The fourth-order valence-electron chi connectivity index (χ4n) is 1.69. The molecule has 0 bridgehead atoms. The largest absolute Gasteiger partial charge is 0.313 e. The Balaban J connectivity index is 2.53. The molecule has 0 saturated heterocycles. The van der Waals surface area contributed by atoms with Gasteiger partial charge in [-0.3, -0.25) is 0 Å². The molecular formula is C9H17N. The van der Waals surface area contributed by atoms with Crippen molar-refractivity contribution in [2.75, 3.05) is 7.05 Å². The molecule has 3 atom stereocenters. The standard InChI is InChI=1S/C9H17N/c1-7-4-5-9(10-3)8(2)6-7/h4-5,7-10H,6H2,1-3H3/t7?,8-,9?/m1/s1. The summed E-state index contributed by atoms with van der Waals surface area (Å²) in [6, 6.07) is 0.608. The molecule has 0 spiro atoms. The van der Waals surface area contributed by atoms with Crippen LogP contribution in [0, 0.1) is 11.8 Å². The van der Waals surface area contributed by atoms with E-state index < -0.39 is 0 Å². The van der Waals surface area contributed by atoms with Crippen molar-refractivity contribution in [2.45, 2.75) is 26.3 Å². The van der Waals surface area contributed by atoms with Crippen LogP contribution in [0.5, 0.6) is 0 Å². The van der Waals surface area contributed by atoms with Crippen molar-refractivity contribution in [3.05, 3.63) is 12.2 Å². The Bertz CT molecular complexity index is 129. The van der Waals surface area contributed by atoms with E-state index in [1.165, 1.54) is 6.42 Å². The summed E-state index contributed by atoms with van der Waals surface area (Å²) < 4.78 is 0. The van der Waals surface area contributed by atoms with Crippen LogP contribution in [0.2, 0.25) is 0 Å². The van der Waals surface area contributed by atoms with Crippen molar-refractivity contribution in [3.63, 3.8) is 0 Å². The van der Waals surface area contributed by atoms with Gasteiger partial charge in [0.2, 0.25) is 0 Å². The van der Waals surface area contributed by atoms with Crippen molar-refractivity contribution in [1.82, 2.24) is 5.32 Å². The molecule has 0 amide bonds. The molecule has 1 heteroatoms. The van der Waals surface area contributed by atoms with Crippen molar-refractivity contribution in [2.24, 2.45) is 11.8 Å². The van der Waals surface area contributed by atoms with Gasteiger partial charge in [-0.15, -0.1) is 0 Å². The van der Waals surface area contributed by atoms with E-state index >= 15 is 0 Å². The number of hydrogen-bond donors (Lipinski definition) is 1. The molecule has 1 nitrogen and oxygen atoms in total. The summed E-state index contributed by atoms with van der Waals surface area (Å²) in [7, 11) is 2.03. The zero-order valence-electron chi connectivity index (χ0n) is 7.09. The lowest BCUT2D eigenvalue weighted by atomic mass is 9.85. The van der Waals surface area contributed by atoms with Gasteiger partial charge >= 0.3 is 0 Å². The topological polar surface area (TPSA) is 12.0 Å². The molecule has 0 aliphatic heterocycles. The number of nitrogens with one attached hydrogen (secondary N) is 1. The Labute approximate surface area is 63.5 Å². The molecule has 0 aromatic carbocycles. The molecule has 10 heavy (non-hydrogen) atoms. The van der Waals surface area contributed by atoms with Crippen LogP contribution in [-0.2, 0) is 0 Å². The molecule has 1 aliphatic carbocycles. The van der Waals surface area contributed by atoms with Gasteiger partial charge in [-0.05, 0) is 25.3 Å². The van der Waals surface area contributed by atoms with Crippen LogP contribution >= 0.6 is 0 Å². The van der Waals surface area contributed by atoms with Crippen molar-refractivity contribution in [1.29, 1.82) is 0 Å². The highest BCUT2D eigenvalue weighted by Gasteiger charge is 2.18. The first-order valence-corrected chi connectivity index (χ1v) is 4.09. The van der Waals surface area contributed by atoms with Crippen LogP contribution < -0.4 is 5.32 Å². The van der Waals surface area contributed by atoms with Crippen LogP contribution in [0.4, 0.5) is 0 Å². The fraction of sp³-hybridized carbons (Fsp3) is 0.778. The lowest BCUT2D eigenvalue weighted by Gasteiger charge is -2.26. The van der Waals surface area contributed by atoms with Crippen molar-refractivity contribution >= 4 is 0 Å². The Hall–Kier alpha value is -0.300. The Morgan fingerprint density at radius 3 is 2.50 bits per heavy atom. The third-order valence-electron chi connectivity index (χ3n) is 2.34. The summed E-state index contributed by atoms with van der Waals surface area (Å²) >= 11 is 0. The number of hydrogen-bond acceptors (Lipinski definition) is 1. The average Bonchev–Trinajstić information content (AvgIpc) is 1.88. The normalized spacial score (nSPS) is 40.1. The molecule has 0 radical (unpaired) electrons. The minimum atomic E-state index is 0.608. The molecule has 0 heterocycles. The summed E-state index contributed by atoms with van der Waals surface area (Å²) in [4.78, 5) is 0. The van der Waals surface area contributed by atoms with Crippen LogP contribution in [-0.4, -0.2) is 13.1 Å². The van der Waals surface area contributed by atoms with E-state index in [-0.39, 0.29) is 0 Å². The second-order valence-corrected chi connectivity index (χ2v) is 3.39. The zero-order chi connectivity index (χ0) is 7.56. The SMILES string of the molecule is CNC1C=CC(C)C[C@H]1C. The quantitative estimate of drug-likeness (QED) is 0.546. The first kappa shape index (κ1) is 7.80. The number of rotatable bonds is 1. The predicted molar refractivity (Wildman–Crippen MR) is 44.9 cm³/mol. The molecule has 1 rings (SSSR count).